The van der Waals surface area contributed by atoms with Crippen molar-refractivity contribution in [1.29, 1.82) is 0 Å². The summed E-state index contributed by atoms with van der Waals surface area (Å²) in [6.07, 6.45) is 0.129. The van der Waals surface area contributed by atoms with Crippen molar-refractivity contribution in [3.63, 3.8) is 0 Å². The Bertz CT molecular complexity index is 954. The Labute approximate surface area is 166 Å². The van der Waals surface area contributed by atoms with Crippen LogP contribution in [0.2, 0.25) is 5.02 Å². The second-order valence-corrected chi connectivity index (χ2v) is 7.18. The number of carbonyl (C=O) groups excluding carboxylic acids is 2. The van der Waals surface area contributed by atoms with E-state index in [9.17, 15) is 9.59 Å². The number of carbonyl (C=O) groups is 2. The van der Waals surface area contributed by atoms with Crippen molar-refractivity contribution in [1.82, 2.24) is 4.98 Å². The van der Waals surface area contributed by atoms with Crippen LogP contribution in [-0.4, -0.2) is 16.7 Å². The van der Waals surface area contributed by atoms with Gasteiger partial charge in [-0.15, -0.1) is 11.3 Å². The van der Waals surface area contributed by atoms with Crippen LogP contribution in [0.4, 0.5) is 5.69 Å². The van der Waals surface area contributed by atoms with Gasteiger partial charge in [0.25, 0.3) is 0 Å². The van der Waals surface area contributed by atoms with Crippen molar-refractivity contribution in [2.24, 2.45) is 0 Å². The van der Waals surface area contributed by atoms with Gasteiger partial charge in [0.05, 0.1) is 17.8 Å². The Morgan fingerprint density at radius 3 is 2.63 bits per heavy atom. The SMILES string of the molecule is CC(=O)c1ccccc1NC(=O)Cc1csc(COc2ccc(Cl)cc2)n1. The summed E-state index contributed by atoms with van der Waals surface area (Å²) in [7, 11) is 0. The van der Waals surface area contributed by atoms with Gasteiger partial charge in [-0.25, -0.2) is 4.98 Å². The molecule has 1 aromatic heterocycles. The number of ketones is 1. The summed E-state index contributed by atoms with van der Waals surface area (Å²) in [6.45, 7) is 1.79. The first-order valence-electron chi connectivity index (χ1n) is 8.23. The third-order valence-electron chi connectivity index (χ3n) is 3.70. The van der Waals surface area contributed by atoms with E-state index in [0.717, 1.165) is 5.01 Å². The van der Waals surface area contributed by atoms with Gasteiger partial charge in [0, 0.05) is 16.0 Å². The number of nitrogens with one attached hydrogen (secondary N) is 1. The van der Waals surface area contributed by atoms with E-state index < -0.39 is 0 Å². The molecular formula is C20H17ClN2O3S. The molecule has 1 N–H and O–H groups in total. The number of nitrogens with zero attached hydrogens (tertiary/aromatic N) is 1. The molecule has 1 amide bonds. The summed E-state index contributed by atoms with van der Waals surface area (Å²) in [5.41, 5.74) is 1.66. The van der Waals surface area contributed by atoms with Crippen LogP contribution in [-0.2, 0) is 17.8 Å². The Balaban J connectivity index is 1.56. The highest BCUT2D eigenvalue weighted by atomic mass is 35.5. The molecule has 0 fully saturated rings. The van der Waals surface area contributed by atoms with Crippen molar-refractivity contribution >= 4 is 40.3 Å². The number of hydrogen-bond acceptors (Lipinski definition) is 5. The van der Waals surface area contributed by atoms with Crippen LogP contribution in [0.3, 0.4) is 0 Å². The largest absolute Gasteiger partial charge is 0.486 e. The lowest BCUT2D eigenvalue weighted by Gasteiger charge is -2.08. The Hall–Kier alpha value is -2.70. The zero-order valence-electron chi connectivity index (χ0n) is 14.6. The molecule has 138 valence electrons. The molecular weight excluding hydrogens is 384 g/mol. The fraction of sp³-hybridized carbons (Fsp3) is 0.150. The van der Waals surface area contributed by atoms with E-state index in [1.54, 1.807) is 48.5 Å². The van der Waals surface area contributed by atoms with Gasteiger partial charge in [-0.1, -0.05) is 23.7 Å². The maximum absolute atomic E-state index is 12.3. The number of halogens is 1. The van der Waals surface area contributed by atoms with Gasteiger partial charge in [0.2, 0.25) is 5.91 Å². The second kappa shape index (κ2) is 8.79. The van der Waals surface area contributed by atoms with Crippen LogP contribution in [0.15, 0.2) is 53.9 Å². The van der Waals surface area contributed by atoms with Gasteiger partial charge in [0.1, 0.15) is 17.4 Å². The van der Waals surface area contributed by atoms with Crippen molar-refractivity contribution < 1.29 is 14.3 Å². The van der Waals surface area contributed by atoms with E-state index in [4.69, 9.17) is 16.3 Å². The molecule has 0 aliphatic rings. The third kappa shape index (κ3) is 5.39. The van der Waals surface area contributed by atoms with Gasteiger partial charge < -0.3 is 10.1 Å². The molecule has 0 saturated heterocycles. The Kier molecular flexibility index (Phi) is 6.21. The number of aromatic nitrogens is 1. The molecule has 1 heterocycles. The smallest absolute Gasteiger partial charge is 0.230 e. The van der Waals surface area contributed by atoms with Crippen LogP contribution >= 0.6 is 22.9 Å². The molecule has 5 nitrogen and oxygen atoms in total. The minimum Gasteiger partial charge on any atom is -0.486 e. The molecule has 0 radical (unpaired) electrons. The van der Waals surface area contributed by atoms with Gasteiger partial charge >= 0.3 is 0 Å². The fourth-order valence-corrected chi connectivity index (χ4v) is 3.26. The van der Waals surface area contributed by atoms with E-state index in [1.807, 2.05) is 5.38 Å². The molecule has 3 rings (SSSR count). The minimum absolute atomic E-state index is 0.0961. The zero-order valence-corrected chi connectivity index (χ0v) is 16.1. The second-order valence-electron chi connectivity index (χ2n) is 5.80. The highest BCUT2D eigenvalue weighted by Gasteiger charge is 2.12. The average molecular weight is 401 g/mol. The summed E-state index contributed by atoms with van der Waals surface area (Å²) in [4.78, 5) is 28.3. The molecule has 0 bridgehead atoms. The quantitative estimate of drug-likeness (QED) is 0.580. The normalized spacial score (nSPS) is 10.4. The molecule has 0 unspecified atom stereocenters. The van der Waals surface area contributed by atoms with Crippen molar-refractivity contribution in [3.05, 3.63) is 75.2 Å². The van der Waals surface area contributed by atoms with Gasteiger partial charge in [-0.2, -0.15) is 0 Å². The van der Waals surface area contributed by atoms with E-state index >= 15 is 0 Å². The highest BCUT2D eigenvalue weighted by Crippen LogP contribution is 2.19. The molecule has 7 heteroatoms. The van der Waals surface area contributed by atoms with Crippen molar-refractivity contribution in [2.45, 2.75) is 20.0 Å². The third-order valence-corrected chi connectivity index (χ3v) is 4.82. The van der Waals surface area contributed by atoms with E-state index in [1.165, 1.54) is 18.3 Å². The number of thiazole rings is 1. The average Bonchev–Trinajstić information content (AvgIpc) is 3.08. The lowest BCUT2D eigenvalue weighted by Crippen LogP contribution is -2.16. The number of hydrogen-bond donors (Lipinski definition) is 1. The first kappa shape index (κ1) is 19.1. The maximum atomic E-state index is 12.3. The lowest BCUT2D eigenvalue weighted by atomic mass is 10.1. The Morgan fingerprint density at radius 1 is 1.15 bits per heavy atom. The predicted molar refractivity (Wildman–Crippen MR) is 107 cm³/mol. The van der Waals surface area contributed by atoms with E-state index in [0.29, 0.717) is 34.3 Å². The summed E-state index contributed by atoms with van der Waals surface area (Å²) >= 11 is 7.28. The molecule has 0 spiro atoms. The predicted octanol–water partition coefficient (Wildman–Crippen LogP) is 4.76. The monoisotopic (exact) mass is 400 g/mol. The molecule has 0 saturated carbocycles. The fourth-order valence-electron chi connectivity index (χ4n) is 2.43. The lowest BCUT2D eigenvalue weighted by molar-refractivity contribution is -0.115. The first-order chi connectivity index (χ1) is 13.0. The number of ether oxygens (including phenoxy) is 1. The Morgan fingerprint density at radius 2 is 1.89 bits per heavy atom. The summed E-state index contributed by atoms with van der Waals surface area (Å²) in [5.74, 6) is 0.384. The molecule has 0 atom stereocenters. The van der Waals surface area contributed by atoms with E-state index in [2.05, 4.69) is 10.3 Å². The van der Waals surface area contributed by atoms with Gasteiger partial charge in [-0.3, -0.25) is 9.59 Å². The zero-order chi connectivity index (χ0) is 19.2. The van der Waals surface area contributed by atoms with Crippen LogP contribution in [0, 0.1) is 0 Å². The minimum atomic E-state index is -0.223. The van der Waals surface area contributed by atoms with Crippen LogP contribution in [0.25, 0.3) is 0 Å². The van der Waals surface area contributed by atoms with E-state index in [-0.39, 0.29) is 18.1 Å². The first-order valence-corrected chi connectivity index (χ1v) is 9.48. The molecule has 0 aliphatic heterocycles. The van der Waals surface area contributed by atoms with Crippen molar-refractivity contribution in [3.8, 4) is 5.75 Å². The standard InChI is InChI=1S/C20H17ClN2O3S/c1-13(24)17-4-2-3-5-18(17)23-19(25)10-15-12-27-20(22-15)11-26-16-8-6-14(21)7-9-16/h2-9,12H,10-11H2,1H3,(H,23,25). The topological polar surface area (TPSA) is 68.3 Å². The number of benzene rings is 2. The summed E-state index contributed by atoms with van der Waals surface area (Å²) < 4.78 is 5.65. The number of Topliss-reactive ketones (excluding diaryl/α,β-unsaturated/α-hetero) is 1. The van der Waals surface area contributed by atoms with Crippen LogP contribution < -0.4 is 10.1 Å². The molecule has 27 heavy (non-hydrogen) atoms. The van der Waals surface area contributed by atoms with Crippen LogP contribution in [0.1, 0.15) is 28.0 Å². The van der Waals surface area contributed by atoms with Crippen molar-refractivity contribution in [2.75, 3.05) is 5.32 Å². The molecule has 0 aliphatic carbocycles. The molecule has 3 aromatic rings. The van der Waals surface area contributed by atoms with Crippen LogP contribution in [0.5, 0.6) is 5.75 Å². The molecule has 2 aromatic carbocycles. The van der Waals surface area contributed by atoms with Gasteiger partial charge in [0.15, 0.2) is 5.78 Å². The number of amides is 1. The maximum Gasteiger partial charge on any atom is 0.230 e. The number of rotatable bonds is 7. The number of anilines is 1. The highest BCUT2D eigenvalue weighted by molar-refractivity contribution is 7.09. The summed E-state index contributed by atoms with van der Waals surface area (Å²) in [6, 6.07) is 14.0. The van der Waals surface area contributed by atoms with Gasteiger partial charge in [-0.05, 0) is 43.3 Å². The number of para-hydroxylation sites is 1. The summed E-state index contributed by atoms with van der Waals surface area (Å²) in [5, 5.41) is 6.03.